The highest BCUT2D eigenvalue weighted by Crippen LogP contribution is 2.28. The fraction of sp³-hybridized carbons (Fsp3) is 0.500. The van der Waals surface area contributed by atoms with Crippen molar-refractivity contribution in [3.8, 4) is 0 Å². The zero-order valence-electron chi connectivity index (χ0n) is 10.3. The number of hydrogen-bond acceptors (Lipinski definition) is 2. The minimum absolute atomic E-state index is 0.0615. The van der Waals surface area contributed by atoms with Crippen LogP contribution in [0.2, 0.25) is 0 Å². The van der Waals surface area contributed by atoms with Crippen LogP contribution in [0, 0.1) is 5.82 Å². The Morgan fingerprint density at radius 1 is 1.33 bits per heavy atom. The number of aliphatic hydroxyl groups is 1. The van der Waals surface area contributed by atoms with E-state index in [0.717, 1.165) is 32.1 Å². The van der Waals surface area contributed by atoms with Gasteiger partial charge in [0, 0.05) is 5.56 Å². The molecule has 0 bridgehead atoms. The molecule has 1 aliphatic rings. The molecule has 0 saturated heterocycles. The molecule has 0 spiro atoms. The van der Waals surface area contributed by atoms with Gasteiger partial charge in [-0.3, -0.25) is 4.79 Å². The van der Waals surface area contributed by atoms with E-state index in [1.165, 1.54) is 18.2 Å². The molecule has 3 nitrogen and oxygen atoms in total. The summed E-state index contributed by atoms with van der Waals surface area (Å²) >= 11 is 0. The Morgan fingerprint density at radius 2 is 2.06 bits per heavy atom. The minimum atomic E-state index is -0.526. The molecular formula is C14H18FNO2. The molecule has 0 atom stereocenters. The van der Waals surface area contributed by atoms with Crippen LogP contribution >= 0.6 is 0 Å². The molecule has 1 aromatic carbocycles. The number of aliphatic hydroxyl groups excluding tert-OH is 1. The number of carbonyl (C=O) groups is 1. The number of benzene rings is 1. The molecule has 18 heavy (non-hydrogen) atoms. The Bertz CT molecular complexity index is 428. The third-order valence-corrected chi connectivity index (χ3v) is 3.58. The molecule has 2 rings (SSSR count). The Kier molecular flexibility index (Phi) is 3.97. The van der Waals surface area contributed by atoms with Crippen molar-refractivity contribution >= 4 is 5.91 Å². The number of amides is 1. The van der Waals surface area contributed by atoms with E-state index >= 15 is 0 Å². The van der Waals surface area contributed by atoms with Crippen molar-refractivity contribution in [1.82, 2.24) is 5.32 Å². The van der Waals surface area contributed by atoms with Crippen molar-refractivity contribution in [2.45, 2.75) is 37.6 Å². The lowest BCUT2D eigenvalue weighted by Gasteiger charge is -2.36. The topological polar surface area (TPSA) is 49.3 Å². The van der Waals surface area contributed by atoms with Crippen molar-refractivity contribution < 1.29 is 14.3 Å². The third kappa shape index (κ3) is 2.88. The van der Waals surface area contributed by atoms with E-state index in [2.05, 4.69) is 5.32 Å². The van der Waals surface area contributed by atoms with Crippen LogP contribution < -0.4 is 5.32 Å². The van der Waals surface area contributed by atoms with Gasteiger partial charge >= 0.3 is 0 Å². The van der Waals surface area contributed by atoms with Gasteiger partial charge < -0.3 is 10.4 Å². The van der Waals surface area contributed by atoms with Gasteiger partial charge in [-0.1, -0.05) is 25.3 Å². The van der Waals surface area contributed by atoms with Crippen molar-refractivity contribution in [1.29, 1.82) is 0 Å². The summed E-state index contributed by atoms with van der Waals surface area (Å²) in [5.41, 5.74) is -0.227. The molecule has 0 unspecified atom stereocenters. The van der Waals surface area contributed by atoms with Gasteiger partial charge in [-0.05, 0) is 31.0 Å². The van der Waals surface area contributed by atoms with E-state index in [9.17, 15) is 14.3 Å². The van der Waals surface area contributed by atoms with Gasteiger partial charge in [0.05, 0.1) is 12.1 Å². The number of rotatable bonds is 3. The third-order valence-electron chi connectivity index (χ3n) is 3.58. The fourth-order valence-corrected chi connectivity index (χ4v) is 2.49. The molecular weight excluding hydrogens is 233 g/mol. The lowest BCUT2D eigenvalue weighted by molar-refractivity contribution is 0.0758. The van der Waals surface area contributed by atoms with Crippen LogP contribution in [0.15, 0.2) is 24.3 Å². The number of hydrogen-bond donors (Lipinski definition) is 2. The molecule has 0 heterocycles. The second-order valence-corrected chi connectivity index (χ2v) is 4.96. The molecule has 1 amide bonds. The zero-order chi connectivity index (χ0) is 13.0. The molecule has 4 heteroatoms. The van der Waals surface area contributed by atoms with Crippen molar-refractivity contribution in [2.75, 3.05) is 6.61 Å². The van der Waals surface area contributed by atoms with Gasteiger partial charge in [0.2, 0.25) is 0 Å². The molecule has 1 aromatic rings. The molecule has 0 aliphatic heterocycles. The minimum Gasteiger partial charge on any atom is -0.394 e. The quantitative estimate of drug-likeness (QED) is 0.865. The second kappa shape index (κ2) is 5.48. The van der Waals surface area contributed by atoms with Gasteiger partial charge in [0.25, 0.3) is 5.91 Å². The first-order valence-corrected chi connectivity index (χ1v) is 6.34. The highest BCUT2D eigenvalue weighted by molar-refractivity contribution is 5.94. The standard InChI is InChI=1S/C14H18FNO2/c15-12-6-4-5-11(9-12)13(18)16-14(10-17)7-2-1-3-8-14/h4-6,9,17H,1-3,7-8,10H2,(H,16,18). The van der Waals surface area contributed by atoms with E-state index in [0.29, 0.717) is 5.56 Å². The van der Waals surface area contributed by atoms with Crippen molar-refractivity contribution in [3.05, 3.63) is 35.6 Å². The van der Waals surface area contributed by atoms with E-state index < -0.39 is 11.4 Å². The SMILES string of the molecule is O=C(NC1(CO)CCCCC1)c1cccc(F)c1. The van der Waals surface area contributed by atoms with Crippen LogP contribution in [0.4, 0.5) is 4.39 Å². The highest BCUT2D eigenvalue weighted by atomic mass is 19.1. The highest BCUT2D eigenvalue weighted by Gasteiger charge is 2.33. The van der Waals surface area contributed by atoms with Gasteiger partial charge in [0.1, 0.15) is 5.82 Å². The predicted octanol–water partition coefficient (Wildman–Crippen LogP) is 2.25. The Hall–Kier alpha value is -1.42. The van der Waals surface area contributed by atoms with Crippen LogP contribution in [0.25, 0.3) is 0 Å². The maximum atomic E-state index is 13.1. The van der Waals surface area contributed by atoms with E-state index in [1.807, 2.05) is 0 Å². The summed E-state index contributed by atoms with van der Waals surface area (Å²) in [6.07, 6.45) is 4.71. The van der Waals surface area contributed by atoms with Crippen LogP contribution in [0.5, 0.6) is 0 Å². The summed E-state index contributed by atoms with van der Waals surface area (Å²) in [7, 11) is 0. The molecule has 98 valence electrons. The van der Waals surface area contributed by atoms with Crippen molar-refractivity contribution in [2.24, 2.45) is 0 Å². The Morgan fingerprint density at radius 3 is 2.67 bits per heavy atom. The molecule has 1 saturated carbocycles. The summed E-state index contributed by atoms with van der Waals surface area (Å²) in [4.78, 5) is 12.0. The summed E-state index contributed by atoms with van der Waals surface area (Å²) < 4.78 is 13.1. The van der Waals surface area contributed by atoms with Gasteiger partial charge in [-0.2, -0.15) is 0 Å². The smallest absolute Gasteiger partial charge is 0.251 e. The summed E-state index contributed by atoms with van der Waals surface area (Å²) in [6, 6.07) is 5.60. The number of carbonyl (C=O) groups excluding carboxylic acids is 1. The number of halogens is 1. The van der Waals surface area contributed by atoms with Crippen LogP contribution in [0.1, 0.15) is 42.5 Å². The molecule has 1 aliphatic carbocycles. The fourth-order valence-electron chi connectivity index (χ4n) is 2.49. The zero-order valence-corrected chi connectivity index (χ0v) is 10.3. The molecule has 0 radical (unpaired) electrons. The maximum Gasteiger partial charge on any atom is 0.251 e. The summed E-state index contributed by atoms with van der Waals surface area (Å²) in [6.45, 7) is -0.0615. The van der Waals surface area contributed by atoms with Gasteiger partial charge in [-0.25, -0.2) is 4.39 Å². The largest absolute Gasteiger partial charge is 0.394 e. The first-order chi connectivity index (χ1) is 8.65. The van der Waals surface area contributed by atoms with Crippen LogP contribution in [-0.2, 0) is 0 Å². The van der Waals surface area contributed by atoms with E-state index in [-0.39, 0.29) is 12.5 Å². The maximum absolute atomic E-state index is 13.1. The van der Waals surface area contributed by atoms with Crippen molar-refractivity contribution in [3.63, 3.8) is 0 Å². The van der Waals surface area contributed by atoms with Gasteiger partial charge in [0.15, 0.2) is 0 Å². The summed E-state index contributed by atoms with van der Waals surface area (Å²) in [5, 5.41) is 12.4. The van der Waals surface area contributed by atoms with Crippen LogP contribution in [-0.4, -0.2) is 23.2 Å². The monoisotopic (exact) mass is 251 g/mol. The molecule has 2 N–H and O–H groups in total. The second-order valence-electron chi connectivity index (χ2n) is 4.96. The van der Waals surface area contributed by atoms with Gasteiger partial charge in [-0.15, -0.1) is 0 Å². The van der Waals surface area contributed by atoms with Crippen LogP contribution in [0.3, 0.4) is 0 Å². The molecule has 1 fully saturated rings. The lowest BCUT2D eigenvalue weighted by atomic mass is 9.82. The number of nitrogens with one attached hydrogen (secondary N) is 1. The Balaban J connectivity index is 2.10. The first-order valence-electron chi connectivity index (χ1n) is 6.34. The van der Waals surface area contributed by atoms with E-state index in [1.54, 1.807) is 6.07 Å². The average Bonchev–Trinajstić information content (AvgIpc) is 2.40. The average molecular weight is 251 g/mol. The lowest BCUT2D eigenvalue weighted by Crippen LogP contribution is -2.52. The van der Waals surface area contributed by atoms with E-state index in [4.69, 9.17) is 0 Å². The molecule has 0 aromatic heterocycles. The Labute approximate surface area is 106 Å². The summed E-state index contributed by atoms with van der Waals surface area (Å²) in [5.74, 6) is -0.741. The normalized spacial score (nSPS) is 18.3. The first kappa shape index (κ1) is 13.0. The predicted molar refractivity (Wildman–Crippen MR) is 66.8 cm³/mol.